The highest BCUT2D eigenvalue weighted by atomic mass is 32.2. The first-order valence-corrected chi connectivity index (χ1v) is 9.08. The lowest BCUT2D eigenvalue weighted by molar-refractivity contribution is -0.141. The molecule has 23 heavy (non-hydrogen) atoms. The van der Waals surface area contributed by atoms with Gasteiger partial charge in [0.1, 0.15) is 6.04 Å². The van der Waals surface area contributed by atoms with Crippen LogP contribution < -0.4 is 5.32 Å². The summed E-state index contributed by atoms with van der Waals surface area (Å²) in [4.78, 5) is 37.0. The SMILES string of the molecule is CC(=O)NCCN(C(=O)N(C)C1CCS(=O)(=O)C1)C(C)C(=O)O. The number of carboxylic acid groups (broad SMARTS) is 1. The first kappa shape index (κ1) is 19.2. The van der Waals surface area contributed by atoms with Crippen LogP contribution in [-0.2, 0) is 19.4 Å². The Bertz CT molecular complexity index is 576. The van der Waals surface area contributed by atoms with Crippen LogP contribution in [-0.4, -0.2) is 85.0 Å². The van der Waals surface area contributed by atoms with Gasteiger partial charge in [-0.05, 0) is 13.3 Å². The molecule has 10 heteroatoms. The van der Waals surface area contributed by atoms with Gasteiger partial charge in [-0.3, -0.25) is 4.79 Å². The van der Waals surface area contributed by atoms with E-state index < -0.39 is 33.9 Å². The van der Waals surface area contributed by atoms with Gasteiger partial charge in [-0.15, -0.1) is 0 Å². The molecule has 132 valence electrons. The third kappa shape index (κ3) is 5.38. The highest BCUT2D eigenvalue weighted by Gasteiger charge is 2.36. The molecule has 0 spiro atoms. The second kappa shape index (κ2) is 7.62. The fourth-order valence-corrected chi connectivity index (χ4v) is 4.15. The lowest BCUT2D eigenvalue weighted by atomic mass is 10.2. The third-order valence-electron chi connectivity index (χ3n) is 3.86. The first-order valence-electron chi connectivity index (χ1n) is 7.26. The number of nitrogens with zero attached hydrogens (tertiary/aromatic N) is 2. The van der Waals surface area contributed by atoms with E-state index in [2.05, 4.69) is 5.32 Å². The van der Waals surface area contributed by atoms with Crippen LogP contribution in [0.15, 0.2) is 0 Å². The van der Waals surface area contributed by atoms with E-state index in [-0.39, 0.29) is 30.5 Å². The summed E-state index contributed by atoms with van der Waals surface area (Å²) < 4.78 is 23.1. The largest absolute Gasteiger partial charge is 0.480 e. The molecule has 9 nitrogen and oxygen atoms in total. The summed E-state index contributed by atoms with van der Waals surface area (Å²) in [7, 11) is -1.68. The molecule has 1 heterocycles. The minimum Gasteiger partial charge on any atom is -0.480 e. The zero-order valence-corrected chi connectivity index (χ0v) is 14.3. The normalized spacial score (nSPS) is 20.6. The Morgan fingerprint density at radius 2 is 1.96 bits per heavy atom. The Morgan fingerprint density at radius 3 is 2.39 bits per heavy atom. The Morgan fingerprint density at radius 1 is 1.35 bits per heavy atom. The summed E-state index contributed by atoms with van der Waals surface area (Å²) in [6.07, 6.45) is 0.339. The molecular formula is C13H23N3O6S. The minimum absolute atomic E-state index is 0.0235. The number of aliphatic carboxylic acids is 1. The highest BCUT2D eigenvalue weighted by Crippen LogP contribution is 2.18. The van der Waals surface area contributed by atoms with Gasteiger partial charge in [-0.25, -0.2) is 18.0 Å². The molecule has 2 N–H and O–H groups in total. The minimum atomic E-state index is -3.15. The van der Waals surface area contributed by atoms with Crippen molar-refractivity contribution >= 4 is 27.7 Å². The van der Waals surface area contributed by atoms with E-state index >= 15 is 0 Å². The molecule has 3 amide bonds. The average Bonchev–Trinajstić information content (AvgIpc) is 2.81. The monoisotopic (exact) mass is 349 g/mol. The fraction of sp³-hybridized carbons (Fsp3) is 0.769. The molecule has 0 radical (unpaired) electrons. The molecular weight excluding hydrogens is 326 g/mol. The van der Waals surface area contributed by atoms with Gasteiger partial charge in [0.25, 0.3) is 0 Å². The van der Waals surface area contributed by atoms with E-state index in [9.17, 15) is 22.8 Å². The van der Waals surface area contributed by atoms with Gasteiger partial charge in [-0.2, -0.15) is 0 Å². The number of sulfone groups is 1. The molecule has 0 aromatic carbocycles. The maximum absolute atomic E-state index is 12.5. The molecule has 0 aromatic heterocycles. The van der Waals surface area contributed by atoms with Crippen LogP contribution in [0, 0.1) is 0 Å². The number of hydrogen-bond donors (Lipinski definition) is 2. The van der Waals surface area contributed by atoms with Gasteiger partial charge >= 0.3 is 12.0 Å². The smallest absolute Gasteiger partial charge is 0.326 e. The number of urea groups is 1. The van der Waals surface area contributed by atoms with Crippen LogP contribution in [0.5, 0.6) is 0 Å². The molecule has 0 aromatic rings. The van der Waals surface area contributed by atoms with E-state index in [1.807, 2.05) is 0 Å². The standard InChI is InChI=1S/C13H23N3O6S/c1-9(12(18)19)16(6-5-14-10(2)17)13(20)15(3)11-4-7-23(21,22)8-11/h9,11H,4-8H2,1-3H3,(H,14,17)(H,18,19). The lowest BCUT2D eigenvalue weighted by Crippen LogP contribution is -2.53. The highest BCUT2D eigenvalue weighted by molar-refractivity contribution is 7.91. The van der Waals surface area contributed by atoms with Gasteiger partial charge in [0.15, 0.2) is 9.84 Å². The number of nitrogens with one attached hydrogen (secondary N) is 1. The van der Waals surface area contributed by atoms with Crippen molar-refractivity contribution in [2.75, 3.05) is 31.6 Å². The second-order valence-corrected chi connectivity index (χ2v) is 7.87. The van der Waals surface area contributed by atoms with Crippen molar-refractivity contribution in [3.63, 3.8) is 0 Å². The molecule has 1 aliphatic rings. The summed E-state index contributed by atoms with van der Waals surface area (Å²) in [6.45, 7) is 2.83. The summed E-state index contributed by atoms with van der Waals surface area (Å²) in [5, 5.41) is 11.7. The zero-order chi connectivity index (χ0) is 17.8. The summed E-state index contributed by atoms with van der Waals surface area (Å²) in [6, 6.07) is -2.11. The van der Waals surface area contributed by atoms with Crippen molar-refractivity contribution in [3.05, 3.63) is 0 Å². The third-order valence-corrected chi connectivity index (χ3v) is 5.61. The van der Waals surface area contributed by atoms with Crippen LogP contribution >= 0.6 is 0 Å². The Kier molecular flexibility index (Phi) is 6.37. The van der Waals surface area contributed by atoms with Gasteiger partial charge in [-0.1, -0.05) is 0 Å². The quantitative estimate of drug-likeness (QED) is 0.643. The Balaban J connectivity index is 2.81. The van der Waals surface area contributed by atoms with Crippen LogP contribution in [0.25, 0.3) is 0 Å². The molecule has 0 bridgehead atoms. The number of carbonyl (C=O) groups excluding carboxylic acids is 2. The van der Waals surface area contributed by atoms with Crippen LogP contribution in [0.1, 0.15) is 20.3 Å². The van der Waals surface area contributed by atoms with Gasteiger partial charge in [0.2, 0.25) is 5.91 Å². The first-order chi connectivity index (χ1) is 10.5. The maximum Gasteiger partial charge on any atom is 0.326 e. The molecule has 1 saturated heterocycles. The van der Waals surface area contributed by atoms with Crippen molar-refractivity contribution in [3.8, 4) is 0 Å². The summed E-state index contributed by atoms with van der Waals surface area (Å²) in [5.74, 6) is -1.55. The van der Waals surface area contributed by atoms with E-state index in [1.54, 1.807) is 0 Å². The molecule has 1 fully saturated rings. The topological polar surface area (TPSA) is 124 Å². The van der Waals surface area contributed by atoms with E-state index in [0.29, 0.717) is 6.42 Å². The van der Waals surface area contributed by atoms with Gasteiger partial charge < -0.3 is 20.2 Å². The predicted molar refractivity (Wildman–Crippen MR) is 82.7 cm³/mol. The second-order valence-electron chi connectivity index (χ2n) is 5.64. The van der Waals surface area contributed by atoms with Gasteiger partial charge in [0.05, 0.1) is 11.5 Å². The number of amides is 3. The lowest BCUT2D eigenvalue weighted by Gasteiger charge is -2.33. The molecule has 1 rings (SSSR count). The number of rotatable bonds is 6. The zero-order valence-electron chi connectivity index (χ0n) is 13.5. The van der Waals surface area contributed by atoms with Crippen LogP contribution in [0.2, 0.25) is 0 Å². The van der Waals surface area contributed by atoms with Gasteiger partial charge in [0, 0.05) is 33.1 Å². The van der Waals surface area contributed by atoms with Crippen LogP contribution in [0.4, 0.5) is 4.79 Å². The maximum atomic E-state index is 12.5. The Hall–Kier alpha value is -1.84. The van der Waals surface area contributed by atoms with E-state index in [0.717, 1.165) is 4.90 Å². The Labute approximate surface area is 135 Å². The fourth-order valence-electron chi connectivity index (χ4n) is 2.38. The molecule has 2 atom stereocenters. The van der Waals surface area contributed by atoms with Crippen molar-refractivity contribution < 1.29 is 27.9 Å². The van der Waals surface area contributed by atoms with Crippen molar-refractivity contribution in [2.45, 2.75) is 32.4 Å². The van der Waals surface area contributed by atoms with E-state index in [1.165, 1.54) is 25.8 Å². The molecule has 0 aliphatic carbocycles. The average molecular weight is 349 g/mol. The predicted octanol–water partition coefficient (Wildman–Crippen LogP) is -0.863. The number of hydrogen-bond acceptors (Lipinski definition) is 5. The van der Waals surface area contributed by atoms with Crippen molar-refractivity contribution in [1.82, 2.24) is 15.1 Å². The number of carbonyl (C=O) groups is 3. The molecule has 1 aliphatic heterocycles. The van der Waals surface area contributed by atoms with Crippen molar-refractivity contribution in [1.29, 1.82) is 0 Å². The van der Waals surface area contributed by atoms with E-state index in [4.69, 9.17) is 5.11 Å². The molecule has 2 unspecified atom stereocenters. The molecule has 0 saturated carbocycles. The summed E-state index contributed by atoms with van der Waals surface area (Å²) in [5.41, 5.74) is 0. The number of carboxylic acids is 1. The summed E-state index contributed by atoms with van der Waals surface area (Å²) >= 11 is 0. The van der Waals surface area contributed by atoms with Crippen molar-refractivity contribution in [2.24, 2.45) is 0 Å². The van der Waals surface area contributed by atoms with Crippen LogP contribution in [0.3, 0.4) is 0 Å².